The number of amides is 4. The van der Waals surface area contributed by atoms with Crippen molar-refractivity contribution in [1.29, 1.82) is 0 Å². The molecule has 0 bridgehead atoms. The van der Waals surface area contributed by atoms with Gasteiger partial charge in [-0.25, -0.2) is 9.59 Å². The lowest BCUT2D eigenvalue weighted by Crippen LogP contribution is -2.52. The Hall–Kier alpha value is -6.35. The fraction of sp³-hybridized carbons (Fsp3) is 0.429. The smallest absolute Gasteiger partial charge is 0.317 e. The van der Waals surface area contributed by atoms with E-state index in [-0.39, 0.29) is 12.1 Å². The zero-order chi connectivity index (χ0) is 48.6. The molecule has 0 saturated carbocycles. The van der Waals surface area contributed by atoms with Crippen LogP contribution in [0.15, 0.2) is 128 Å². The van der Waals surface area contributed by atoms with Gasteiger partial charge in [-0.3, -0.25) is 19.8 Å². The zero-order valence-corrected chi connectivity index (χ0v) is 42.0. The standard InChI is InChI=1S/C28H35ClN6O.C28H36N6O/c29-23-8-9-25-26(22-23)30-12-10-27(25)34-16-14-32(15-17-34)13-5-4-11-31-28(36)35-20-18-33(19-21-35)24-6-2-1-3-7-24;35-28(34-22-20-32(21-23-34)24-8-2-1-3-9-24)30-13-6-7-15-31-16-18-33(19-17-31)27-12-14-29-26-11-5-4-10-25(26)27/h1-3,6-10,12,22H,4-5,11,13-21H2,(H,31,36);1-5,8-12,14H,6-7,13,15-23H2,(H,30,35). The van der Waals surface area contributed by atoms with Crippen molar-refractivity contribution >= 4 is 68.2 Å². The van der Waals surface area contributed by atoms with E-state index in [0.717, 1.165) is 178 Å². The van der Waals surface area contributed by atoms with Crippen molar-refractivity contribution in [2.45, 2.75) is 25.7 Å². The van der Waals surface area contributed by atoms with Crippen LogP contribution in [-0.4, -0.2) is 173 Å². The molecule has 6 heterocycles. The van der Waals surface area contributed by atoms with Gasteiger partial charge in [0.15, 0.2) is 0 Å². The highest BCUT2D eigenvalue weighted by atomic mass is 35.5. The number of para-hydroxylation sites is 3. The van der Waals surface area contributed by atoms with Gasteiger partial charge >= 0.3 is 12.1 Å². The minimum absolute atomic E-state index is 0.0715. The summed E-state index contributed by atoms with van der Waals surface area (Å²) >= 11 is 6.14. The largest absolute Gasteiger partial charge is 0.368 e. The van der Waals surface area contributed by atoms with Gasteiger partial charge in [0.25, 0.3) is 0 Å². The molecular formula is C56H71ClN12O2. The minimum Gasteiger partial charge on any atom is -0.368 e. The predicted molar refractivity (Wildman–Crippen MR) is 292 cm³/mol. The number of hydrogen-bond donors (Lipinski definition) is 2. The molecule has 4 fully saturated rings. The first kappa shape index (κ1) is 49.6. The summed E-state index contributed by atoms with van der Waals surface area (Å²) in [6.07, 6.45) is 8.02. The summed E-state index contributed by atoms with van der Waals surface area (Å²) in [7, 11) is 0. The number of hydrogen-bond acceptors (Lipinski definition) is 10. The topological polar surface area (TPSA) is 110 Å². The maximum Gasteiger partial charge on any atom is 0.317 e. The summed E-state index contributed by atoms with van der Waals surface area (Å²) in [6, 6.07) is 39.6. The second-order valence-electron chi connectivity index (χ2n) is 19.0. The van der Waals surface area contributed by atoms with Crippen LogP contribution in [-0.2, 0) is 0 Å². The Balaban J connectivity index is 0.000000176. The van der Waals surface area contributed by atoms with Crippen LogP contribution in [0.3, 0.4) is 0 Å². The molecule has 10 rings (SSSR count). The van der Waals surface area contributed by atoms with Crippen LogP contribution in [0.25, 0.3) is 21.8 Å². The SMILES string of the molecule is O=C(NCCCCN1CCN(c2ccnc3cc(Cl)ccc23)CC1)N1CCN(c2ccccc2)CC1.O=C(NCCCCN1CCN(c2ccnc3ccccc23)CC1)N1CCN(c2ccccc2)CC1. The average molecular weight is 980 g/mol. The van der Waals surface area contributed by atoms with Crippen LogP contribution in [0, 0.1) is 0 Å². The Morgan fingerprint density at radius 2 is 0.859 bits per heavy atom. The highest BCUT2D eigenvalue weighted by molar-refractivity contribution is 6.31. The van der Waals surface area contributed by atoms with Gasteiger partial charge in [-0.2, -0.15) is 0 Å². The van der Waals surface area contributed by atoms with Gasteiger partial charge in [-0.1, -0.05) is 66.2 Å². The van der Waals surface area contributed by atoms with E-state index < -0.39 is 0 Å². The lowest BCUT2D eigenvalue weighted by Gasteiger charge is -2.36. The third kappa shape index (κ3) is 13.5. The maximum atomic E-state index is 12.6. The Kier molecular flexibility index (Phi) is 17.6. The van der Waals surface area contributed by atoms with E-state index in [0.29, 0.717) is 0 Å². The Morgan fingerprint density at radius 3 is 1.35 bits per heavy atom. The zero-order valence-electron chi connectivity index (χ0n) is 41.3. The Labute approximate surface area is 425 Å². The van der Waals surface area contributed by atoms with E-state index in [9.17, 15) is 9.59 Å². The molecular weight excluding hydrogens is 908 g/mol. The summed E-state index contributed by atoms with van der Waals surface area (Å²) in [5.74, 6) is 0. The van der Waals surface area contributed by atoms with Crippen molar-refractivity contribution in [1.82, 2.24) is 40.2 Å². The molecule has 0 unspecified atom stereocenters. The van der Waals surface area contributed by atoms with Crippen molar-refractivity contribution in [3.05, 3.63) is 133 Å². The third-order valence-corrected chi connectivity index (χ3v) is 14.7. The van der Waals surface area contributed by atoms with Crippen LogP contribution < -0.4 is 30.2 Å². The lowest BCUT2D eigenvalue weighted by molar-refractivity contribution is 0.193. The summed E-state index contributed by atoms with van der Waals surface area (Å²) in [5.41, 5.74) is 7.02. The maximum absolute atomic E-state index is 12.6. The van der Waals surface area contributed by atoms with Crippen molar-refractivity contribution in [3.63, 3.8) is 0 Å². The van der Waals surface area contributed by atoms with Crippen LogP contribution in [0.1, 0.15) is 25.7 Å². The second-order valence-corrected chi connectivity index (χ2v) is 19.4. The molecule has 14 nitrogen and oxygen atoms in total. The number of piperazine rings is 4. The molecule has 6 aromatic rings. The molecule has 0 radical (unpaired) electrons. The Morgan fingerprint density at radius 1 is 0.437 bits per heavy atom. The molecule has 4 aliphatic rings. The van der Waals surface area contributed by atoms with Crippen molar-refractivity contribution in [2.24, 2.45) is 0 Å². The monoisotopic (exact) mass is 979 g/mol. The lowest BCUT2D eigenvalue weighted by atomic mass is 10.1. The van der Waals surface area contributed by atoms with Crippen LogP contribution in [0.2, 0.25) is 5.02 Å². The molecule has 0 spiro atoms. The van der Waals surface area contributed by atoms with E-state index in [4.69, 9.17) is 11.6 Å². The van der Waals surface area contributed by atoms with Gasteiger partial charge in [0, 0.05) is 169 Å². The minimum atomic E-state index is 0.0715. The number of pyridine rings is 2. The number of fused-ring (bicyclic) bond motifs is 2. The van der Waals surface area contributed by atoms with E-state index in [1.54, 1.807) is 0 Å². The van der Waals surface area contributed by atoms with E-state index in [1.165, 1.54) is 28.1 Å². The molecule has 4 aromatic carbocycles. The number of rotatable bonds is 14. The van der Waals surface area contributed by atoms with Crippen LogP contribution in [0.4, 0.5) is 32.3 Å². The van der Waals surface area contributed by atoms with Crippen molar-refractivity contribution in [2.75, 3.05) is 150 Å². The van der Waals surface area contributed by atoms with Crippen molar-refractivity contribution in [3.8, 4) is 0 Å². The van der Waals surface area contributed by atoms with Crippen molar-refractivity contribution < 1.29 is 9.59 Å². The van der Waals surface area contributed by atoms with E-state index in [1.807, 2.05) is 52.5 Å². The number of carbonyl (C=O) groups is 2. The summed E-state index contributed by atoms with van der Waals surface area (Å²) in [6.45, 7) is 18.6. The predicted octanol–water partition coefficient (Wildman–Crippen LogP) is 7.99. The first-order valence-electron chi connectivity index (χ1n) is 25.9. The fourth-order valence-electron chi connectivity index (χ4n) is 10.3. The number of benzene rings is 4. The van der Waals surface area contributed by atoms with Crippen LogP contribution in [0.5, 0.6) is 0 Å². The molecule has 4 saturated heterocycles. The molecule has 374 valence electrons. The Bertz CT molecular complexity index is 2590. The van der Waals surface area contributed by atoms with Gasteiger partial charge in [-0.05, 0) is 99.4 Å². The van der Waals surface area contributed by atoms with Gasteiger partial charge in [0.1, 0.15) is 0 Å². The number of nitrogens with zero attached hydrogens (tertiary/aromatic N) is 10. The number of anilines is 4. The molecule has 0 aliphatic carbocycles. The molecule has 2 N–H and O–H groups in total. The normalized spacial score (nSPS) is 17.0. The van der Waals surface area contributed by atoms with Gasteiger partial charge < -0.3 is 40.0 Å². The number of nitrogens with one attached hydrogen (secondary N) is 2. The second kappa shape index (κ2) is 25.2. The van der Waals surface area contributed by atoms with Gasteiger partial charge in [0.05, 0.1) is 11.0 Å². The molecule has 0 atom stereocenters. The fourth-order valence-corrected chi connectivity index (χ4v) is 10.5. The molecule has 4 aliphatic heterocycles. The summed E-state index contributed by atoms with van der Waals surface area (Å²) in [5, 5.41) is 9.36. The molecule has 71 heavy (non-hydrogen) atoms. The van der Waals surface area contributed by atoms with E-state index in [2.05, 4.69) is 135 Å². The first-order valence-corrected chi connectivity index (χ1v) is 26.3. The third-order valence-electron chi connectivity index (χ3n) is 14.5. The summed E-state index contributed by atoms with van der Waals surface area (Å²) in [4.78, 5) is 52.7. The van der Waals surface area contributed by atoms with Gasteiger partial charge in [0.2, 0.25) is 0 Å². The molecule has 4 amide bonds. The number of unbranched alkanes of at least 4 members (excludes halogenated alkanes) is 2. The number of halogens is 1. The quantitative estimate of drug-likeness (QED) is 0.104. The average Bonchev–Trinajstić information content (AvgIpc) is 3.43. The molecule has 15 heteroatoms. The number of urea groups is 2. The van der Waals surface area contributed by atoms with E-state index >= 15 is 0 Å². The van der Waals surface area contributed by atoms with Crippen LogP contribution >= 0.6 is 11.6 Å². The number of aromatic nitrogens is 2. The molecule has 2 aromatic heterocycles. The first-order chi connectivity index (χ1) is 34.9. The number of carbonyl (C=O) groups excluding carboxylic acids is 2. The highest BCUT2D eigenvalue weighted by Crippen LogP contribution is 2.29. The van der Waals surface area contributed by atoms with Gasteiger partial charge in [-0.15, -0.1) is 0 Å². The summed E-state index contributed by atoms with van der Waals surface area (Å²) < 4.78 is 0. The highest BCUT2D eigenvalue weighted by Gasteiger charge is 2.24.